The molecule has 0 aromatic heterocycles. The van der Waals surface area contributed by atoms with Crippen molar-refractivity contribution in [3.8, 4) is 0 Å². The van der Waals surface area contributed by atoms with Crippen molar-refractivity contribution in [2.45, 2.75) is 38.5 Å². The van der Waals surface area contributed by atoms with Crippen LogP contribution < -0.4 is 5.32 Å². The van der Waals surface area contributed by atoms with Crippen molar-refractivity contribution in [2.24, 2.45) is 5.92 Å². The third kappa shape index (κ3) is 7.86. The SMILES string of the molecule is CSCCCCCCNCC1CCCN(S(C)(=O)=O)C1. The van der Waals surface area contributed by atoms with Gasteiger partial charge in [-0.05, 0) is 56.7 Å². The minimum absolute atomic E-state index is 0.481. The summed E-state index contributed by atoms with van der Waals surface area (Å²) in [6, 6.07) is 0. The Labute approximate surface area is 129 Å². The van der Waals surface area contributed by atoms with Crippen molar-refractivity contribution in [3.05, 3.63) is 0 Å². The minimum Gasteiger partial charge on any atom is -0.316 e. The first-order valence-electron chi connectivity index (χ1n) is 7.69. The van der Waals surface area contributed by atoms with Crippen molar-refractivity contribution in [3.63, 3.8) is 0 Å². The summed E-state index contributed by atoms with van der Waals surface area (Å²) in [6.45, 7) is 3.41. The average molecular weight is 323 g/mol. The first kappa shape index (κ1) is 18.3. The summed E-state index contributed by atoms with van der Waals surface area (Å²) in [5.74, 6) is 1.76. The van der Waals surface area contributed by atoms with Gasteiger partial charge in [0.15, 0.2) is 0 Å². The Morgan fingerprint density at radius 2 is 2.00 bits per heavy atom. The van der Waals surface area contributed by atoms with E-state index in [1.165, 1.54) is 37.7 Å². The van der Waals surface area contributed by atoms with Crippen LogP contribution in [0.15, 0.2) is 0 Å². The number of sulfonamides is 1. The van der Waals surface area contributed by atoms with Crippen molar-refractivity contribution in [1.82, 2.24) is 9.62 Å². The fourth-order valence-corrected chi connectivity index (χ4v) is 4.09. The second kappa shape index (κ2) is 10.0. The molecule has 0 amide bonds. The van der Waals surface area contributed by atoms with E-state index in [0.29, 0.717) is 19.0 Å². The number of hydrogen-bond donors (Lipinski definition) is 1. The highest BCUT2D eigenvalue weighted by Gasteiger charge is 2.25. The number of nitrogens with zero attached hydrogens (tertiary/aromatic N) is 1. The molecule has 1 N–H and O–H groups in total. The van der Waals surface area contributed by atoms with E-state index in [1.54, 1.807) is 4.31 Å². The molecule has 1 fully saturated rings. The standard InChI is InChI=1S/C14H30N2O2S2/c1-19-11-6-4-3-5-9-15-12-14-8-7-10-16(13-14)20(2,17)18/h14-15H,3-13H2,1-2H3. The van der Waals surface area contributed by atoms with Gasteiger partial charge in [0.2, 0.25) is 10.0 Å². The molecule has 1 rings (SSSR count). The molecule has 0 aromatic rings. The molecular weight excluding hydrogens is 292 g/mol. The summed E-state index contributed by atoms with van der Waals surface area (Å²) in [4.78, 5) is 0. The molecule has 1 atom stereocenters. The summed E-state index contributed by atoms with van der Waals surface area (Å²) >= 11 is 1.92. The maximum atomic E-state index is 11.5. The highest BCUT2D eigenvalue weighted by Crippen LogP contribution is 2.17. The molecule has 20 heavy (non-hydrogen) atoms. The van der Waals surface area contributed by atoms with E-state index in [4.69, 9.17) is 0 Å². The van der Waals surface area contributed by atoms with Gasteiger partial charge >= 0.3 is 0 Å². The number of rotatable bonds is 10. The van der Waals surface area contributed by atoms with Gasteiger partial charge in [0, 0.05) is 13.1 Å². The van der Waals surface area contributed by atoms with Crippen LogP contribution in [-0.2, 0) is 10.0 Å². The van der Waals surface area contributed by atoms with Gasteiger partial charge in [0.05, 0.1) is 6.26 Å². The van der Waals surface area contributed by atoms with Crippen LogP contribution in [0.5, 0.6) is 0 Å². The lowest BCUT2D eigenvalue weighted by atomic mass is 10.00. The Hall–Kier alpha value is 0.220. The van der Waals surface area contributed by atoms with Gasteiger partial charge in [-0.1, -0.05) is 12.8 Å². The fourth-order valence-electron chi connectivity index (χ4n) is 2.65. The third-order valence-corrected chi connectivity index (χ3v) is 5.80. The predicted octanol–water partition coefficient (Wildman–Crippen LogP) is 2.17. The molecule has 120 valence electrons. The van der Waals surface area contributed by atoms with Crippen LogP contribution in [0.25, 0.3) is 0 Å². The first-order valence-corrected chi connectivity index (χ1v) is 10.9. The summed E-state index contributed by atoms with van der Waals surface area (Å²) < 4.78 is 24.7. The molecule has 0 saturated carbocycles. The Morgan fingerprint density at radius 1 is 1.25 bits per heavy atom. The van der Waals surface area contributed by atoms with Crippen molar-refractivity contribution in [1.29, 1.82) is 0 Å². The molecule has 1 aliphatic rings. The van der Waals surface area contributed by atoms with E-state index >= 15 is 0 Å². The molecule has 1 saturated heterocycles. The molecule has 0 bridgehead atoms. The number of nitrogens with one attached hydrogen (secondary N) is 1. The zero-order valence-corrected chi connectivity index (χ0v) is 14.6. The van der Waals surface area contributed by atoms with Gasteiger partial charge in [-0.15, -0.1) is 0 Å². The maximum absolute atomic E-state index is 11.5. The van der Waals surface area contributed by atoms with Crippen molar-refractivity contribution >= 4 is 21.8 Å². The minimum atomic E-state index is -3.00. The van der Waals surface area contributed by atoms with E-state index in [1.807, 2.05) is 11.8 Å². The lowest BCUT2D eigenvalue weighted by Gasteiger charge is -2.31. The fraction of sp³-hybridized carbons (Fsp3) is 1.00. The molecule has 0 aromatic carbocycles. The number of unbranched alkanes of at least 4 members (excludes halogenated alkanes) is 3. The summed E-state index contributed by atoms with van der Waals surface area (Å²) in [5.41, 5.74) is 0. The van der Waals surface area contributed by atoms with E-state index in [2.05, 4.69) is 11.6 Å². The summed E-state index contributed by atoms with van der Waals surface area (Å²) in [6.07, 6.45) is 10.8. The second-order valence-corrected chi connectivity index (χ2v) is 8.71. The van der Waals surface area contributed by atoms with E-state index in [0.717, 1.165) is 25.9 Å². The van der Waals surface area contributed by atoms with Crippen LogP contribution in [0.1, 0.15) is 38.5 Å². The molecule has 0 aliphatic carbocycles. The van der Waals surface area contributed by atoms with Crippen LogP contribution in [0.2, 0.25) is 0 Å². The van der Waals surface area contributed by atoms with Crippen LogP contribution in [-0.4, -0.2) is 57.2 Å². The predicted molar refractivity (Wildman–Crippen MR) is 88.9 cm³/mol. The average Bonchev–Trinajstić information content (AvgIpc) is 2.41. The molecule has 0 radical (unpaired) electrons. The largest absolute Gasteiger partial charge is 0.316 e. The zero-order chi connectivity index (χ0) is 14.8. The lowest BCUT2D eigenvalue weighted by Crippen LogP contribution is -2.42. The molecular formula is C14H30N2O2S2. The van der Waals surface area contributed by atoms with Crippen LogP contribution in [0.3, 0.4) is 0 Å². The smallest absolute Gasteiger partial charge is 0.211 e. The number of hydrogen-bond acceptors (Lipinski definition) is 4. The van der Waals surface area contributed by atoms with Gasteiger partial charge < -0.3 is 5.32 Å². The van der Waals surface area contributed by atoms with Crippen LogP contribution in [0, 0.1) is 5.92 Å². The van der Waals surface area contributed by atoms with E-state index < -0.39 is 10.0 Å². The topological polar surface area (TPSA) is 49.4 Å². The third-order valence-electron chi connectivity index (χ3n) is 3.84. The van der Waals surface area contributed by atoms with Gasteiger partial charge in [-0.2, -0.15) is 11.8 Å². The van der Waals surface area contributed by atoms with Crippen molar-refractivity contribution in [2.75, 3.05) is 44.4 Å². The highest BCUT2D eigenvalue weighted by molar-refractivity contribution is 7.98. The first-order chi connectivity index (χ1) is 9.54. The van der Waals surface area contributed by atoms with Crippen LogP contribution >= 0.6 is 11.8 Å². The molecule has 6 heteroatoms. The maximum Gasteiger partial charge on any atom is 0.211 e. The monoisotopic (exact) mass is 322 g/mol. The van der Waals surface area contributed by atoms with Gasteiger partial charge in [0.1, 0.15) is 0 Å². The second-order valence-electron chi connectivity index (χ2n) is 5.74. The highest BCUT2D eigenvalue weighted by atomic mass is 32.2. The van der Waals surface area contributed by atoms with E-state index in [9.17, 15) is 8.42 Å². The molecule has 1 heterocycles. The summed E-state index contributed by atoms with van der Waals surface area (Å²) in [5, 5.41) is 3.49. The van der Waals surface area contributed by atoms with Gasteiger partial charge in [-0.3, -0.25) is 0 Å². The Balaban J connectivity index is 2.04. The normalized spacial score (nSPS) is 21.2. The molecule has 0 spiro atoms. The Kier molecular flexibility index (Phi) is 9.16. The number of thioether (sulfide) groups is 1. The van der Waals surface area contributed by atoms with Crippen LogP contribution in [0.4, 0.5) is 0 Å². The zero-order valence-electron chi connectivity index (χ0n) is 12.9. The van der Waals surface area contributed by atoms with Gasteiger partial charge in [0.25, 0.3) is 0 Å². The lowest BCUT2D eigenvalue weighted by molar-refractivity contribution is 0.261. The van der Waals surface area contributed by atoms with Gasteiger partial charge in [-0.25, -0.2) is 12.7 Å². The molecule has 4 nitrogen and oxygen atoms in total. The Bertz CT molecular complexity index is 347. The number of piperidine rings is 1. The summed E-state index contributed by atoms with van der Waals surface area (Å²) in [7, 11) is -3.00. The molecule has 1 aliphatic heterocycles. The quantitative estimate of drug-likeness (QED) is 0.626. The molecule has 1 unspecified atom stereocenters. The Morgan fingerprint density at radius 3 is 2.70 bits per heavy atom. The van der Waals surface area contributed by atoms with E-state index in [-0.39, 0.29) is 0 Å². The van der Waals surface area contributed by atoms with Crippen molar-refractivity contribution < 1.29 is 8.42 Å².